The van der Waals surface area contributed by atoms with E-state index in [4.69, 9.17) is 24.1 Å². The van der Waals surface area contributed by atoms with E-state index in [1.807, 2.05) is 54.7 Å². The maximum atomic E-state index is 10.6. The summed E-state index contributed by atoms with van der Waals surface area (Å²) in [7, 11) is 4.86. The second-order valence-electron chi connectivity index (χ2n) is 8.46. The molecule has 0 atom stereocenters. The Morgan fingerprint density at radius 2 is 1.55 bits per heavy atom. The van der Waals surface area contributed by atoms with E-state index in [0.717, 1.165) is 33.5 Å². The Hall–Kier alpha value is -5.53. The zero-order valence-electron chi connectivity index (χ0n) is 22.5. The van der Waals surface area contributed by atoms with E-state index in [0.29, 0.717) is 17.3 Å². The molecule has 0 amide bonds. The molecule has 6 aromatic rings. The molecule has 42 heavy (non-hydrogen) atoms. The Morgan fingerprint density at radius 1 is 0.881 bits per heavy atom. The second kappa shape index (κ2) is 12.8. The van der Waals surface area contributed by atoms with Crippen LogP contribution >= 0.6 is 0 Å². The van der Waals surface area contributed by atoms with Gasteiger partial charge in [0.15, 0.2) is 11.5 Å². The number of nitrogens with one attached hydrogen (secondary N) is 3. The van der Waals surface area contributed by atoms with E-state index in [1.54, 1.807) is 21.3 Å². The summed E-state index contributed by atoms with van der Waals surface area (Å²) < 4.78 is 47.9. The monoisotopic (exact) mass is 582 g/mol. The van der Waals surface area contributed by atoms with Crippen LogP contribution in [0.1, 0.15) is 0 Å². The molecule has 0 aliphatic heterocycles. The quantitative estimate of drug-likeness (QED) is 0.198. The molecule has 0 fully saturated rings. The second-order valence-corrected chi connectivity index (χ2v) is 8.46. The molecule has 0 saturated heterocycles. The molecule has 0 unspecified atom stereocenters. The predicted octanol–water partition coefficient (Wildman–Crippen LogP) is 5.84. The molecular formula is C28H25F3N6O5. The van der Waals surface area contributed by atoms with Crippen LogP contribution in [0, 0.1) is 0 Å². The summed E-state index contributed by atoms with van der Waals surface area (Å²) in [6.07, 6.45) is -3.13. The van der Waals surface area contributed by atoms with Crippen molar-refractivity contribution >= 4 is 27.8 Å². The molecule has 218 valence electrons. The van der Waals surface area contributed by atoms with Crippen LogP contribution in [-0.2, 0) is 4.79 Å². The van der Waals surface area contributed by atoms with Crippen LogP contribution in [0.15, 0.2) is 72.9 Å². The van der Waals surface area contributed by atoms with E-state index in [1.165, 1.54) is 10.9 Å². The third-order valence-corrected chi connectivity index (χ3v) is 5.96. The Balaban J connectivity index is 0.000000206. The summed E-state index contributed by atoms with van der Waals surface area (Å²) in [6, 6.07) is 21.9. The SMILES string of the molecule is COc1ccc(-c2c(-c3nn[nH]n3)[nH]c3cc(OC)c(OC)cc23)cc1.O=C(O)C(F)(F)F.c1ccc2[nH]ccc2c1. The number of ether oxygens (including phenoxy) is 3. The highest BCUT2D eigenvalue weighted by Crippen LogP contribution is 2.42. The number of alkyl halides is 3. The third kappa shape index (κ3) is 6.60. The number of carboxylic acids is 1. The maximum Gasteiger partial charge on any atom is 0.490 e. The number of para-hydroxylation sites is 1. The van der Waals surface area contributed by atoms with Crippen LogP contribution in [0.3, 0.4) is 0 Å². The fraction of sp³-hybridized carbons (Fsp3) is 0.143. The summed E-state index contributed by atoms with van der Waals surface area (Å²) in [5.74, 6) is -0.206. The van der Waals surface area contributed by atoms with Gasteiger partial charge in [0.25, 0.3) is 0 Å². The number of H-pyrrole nitrogens is 3. The number of tetrazole rings is 1. The number of aromatic amines is 3. The number of rotatable bonds is 5. The number of carboxylic acid groups (broad SMARTS) is 1. The maximum absolute atomic E-state index is 10.6. The van der Waals surface area contributed by atoms with Crippen LogP contribution in [-0.4, -0.2) is 69.2 Å². The van der Waals surface area contributed by atoms with E-state index in [-0.39, 0.29) is 0 Å². The fourth-order valence-corrected chi connectivity index (χ4v) is 4.01. The lowest BCUT2D eigenvalue weighted by Crippen LogP contribution is -2.21. The van der Waals surface area contributed by atoms with Crippen molar-refractivity contribution in [3.63, 3.8) is 0 Å². The molecule has 4 N–H and O–H groups in total. The standard InChI is InChI=1S/C18H17N5O3.C8H7N.C2HF3O2/c1-24-11-6-4-10(5-7-11)16-12-8-14(25-2)15(26-3)9-13(12)19-17(16)18-20-22-23-21-18;1-2-4-8-7(3-1)5-6-9-8;3-2(4,5)1(6)7/h4-9,19H,1-3H3,(H,20,21,22,23);1-6,9H;(H,6,7). The molecule has 6 rings (SSSR count). The molecule has 3 aromatic heterocycles. The minimum absolute atomic E-state index is 0.477. The van der Waals surface area contributed by atoms with Crippen molar-refractivity contribution < 1.29 is 37.3 Å². The average Bonchev–Trinajstić information content (AvgIpc) is 3.76. The van der Waals surface area contributed by atoms with Gasteiger partial charge in [0.2, 0.25) is 5.82 Å². The zero-order valence-corrected chi connectivity index (χ0v) is 22.5. The van der Waals surface area contributed by atoms with Gasteiger partial charge in [0.1, 0.15) is 5.75 Å². The minimum Gasteiger partial charge on any atom is -0.497 e. The lowest BCUT2D eigenvalue weighted by atomic mass is 10.0. The average molecular weight is 583 g/mol. The Morgan fingerprint density at radius 3 is 2.12 bits per heavy atom. The number of nitrogens with zero attached hydrogens (tertiary/aromatic N) is 3. The number of aromatic nitrogens is 6. The third-order valence-electron chi connectivity index (χ3n) is 5.96. The normalized spacial score (nSPS) is 10.8. The molecule has 0 aliphatic rings. The highest BCUT2D eigenvalue weighted by molar-refractivity contribution is 6.04. The van der Waals surface area contributed by atoms with Gasteiger partial charge in [0, 0.05) is 28.7 Å². The topological polar surface area (TPSA) is 151 Å². The highest BCUT2D eigenvalue weighted by atomic mass is 19.4. The number of fused-ring (bicyclic) bond motifs is 2. The Bertz CT molecular complexity index is 1730. The summed E-state index contributed by atoms with van der Waals surface area (Å²) >= 11 is 0. The first-order chi connectivity index (χ1) is 20.2. The van der Waals surface area contributed by atoms with E-state index in [2.05, 4.69) is 48.8 Å². The summed E-state index contributed by atoms with van der Waals surface area (Å²) in [5, 5.41) is 23.8. The van der Waals surface area contributed by atoms with Crippen molar-refractivity contribution in [3.8, 4) is 39.9 Å². The van der Waals surface area contributed by atoms with Gasteiger partial charge in [-0.25, -0.2) is 4.79 Å². The van der Waals surface area contributed by atoms with Crippen molar-refractivity contribution in [2.75, 3.05) is 21.3 Å². The number of hydrogen-bond acceptors (Lipinski definition) is 7. The zero-order chi connectivity index (χ0) is 30.3. The van der Waals surface area contributed by atoms with Crippen LogP contribution in [0.25, 0.3) is 44.5 Å². The predicted molar refractivity (Wildman–Crippen MR) is 149 cm³/mol. The van der Waals surface area contributed by atoms with Crippen molar-refractivity contribution in [3.05, 3.63) is 72.9 Å². The number of carbonyl (C=O) groups is 1. The molecule has 0 radical (unpaired) electrons. The highest BCUT2D eigenvalue weighted by Gasteiger charge is 2.38. The first-order valence-electron chi connectivity index (χ1n) is 12.1. The van der Waals surface area contributed by atoms with Gasteiger partial charge in [-0.05, 0) is 46.5 Å². The fourth-order valence-electron chi connectivity index (χ4n) is 4.01. The first kappa shape index (κ1) is 29.5. The first-order valence-corrected chi connectivity index (χ1v) is 12.1. The summed E-state index contributed by atoms with van der Waals surface area (Å²) in [6.45, 7) is 0. The van der Waals surface area contributed by atoms with Gasteiger partial charge in [-0.1, -0.05) is 30.3 Å². The number of methoxy groups -OCH3 is 3. The lowest BCUT2D eigenvalue weighted by Gasteiger charge is -2.08. The molecule has 14 heteroatoms. The smallest absolute Gasteiger partial charge is 0.490 e. The number of halogens is 3. The Kier molecular flexibility index (Phi) is 8.95. The van der Waals surface area contributed by atoms with Crippen molar-refractivity contribution in [1.29, 1.82) is 0 Å². The van der Waals surface area contributed by atoms with Crippen molar-refractivity contribution in [1.82, 2.24) is 30.6 Å². The van der Waals surface area contributed by atoms with Crippen LogP contribution in [0.5, 0.6) is 17.2 Å². The molecule has 0 spiro atoms. The molecule has 3 heterocycles. The number of benzene rings is 3. The van der Waals surface area contributed by atoms with Gasteiger partial charge in [0.05, 0.1) is 32.5 Å². The lowest BCUT2D eigenvalue weighted by molar-refractivity contribution is -0.192. The van der Waals surface area contributed by atoms with Crippen LogP contribution < -0.4 is 14.2 Å². The van der Waals surface area contributed by atoms with Gasteiger partial charge in [-0.15, -0.1) is 10.2 Å². The van der Waals surface area contributed by atoms with Crippen LogP contribution in [0.4, 0.5) is 13.2 Å². The van der Waals surface area contributed by atoms with Gasteiger partial charge in [-0.2, -0.15) is 18.4 Å². The van der Waals surface area contributed by atoms with E-state index in [9.17, 15) is 13.2 Å². The Labute approximate surface area is 236 Å². The largest absolute Gasteiger partial charge is 0.497 e. The van der Waals surface area contributed by atoms with Gasteiger partial charge < -0.3 is 29.3 Å². The molecule has 0 bridgehead atoms. The summed E-state index contributed by atoms with van der Waals surface area (Å²) in [5.41, 5.74) is 4.79. The molecular weight excluding hydrogens is 557 g/mol. The minimum atomic E-state index is -5.08. The molecule has 0 saturated carbocycles. The van der Waals surface area contributed by atoms with E-state index >= 15 is 0 Å². The van der Waals surface area contributed by atoms with Crippen LogP contribution in [0.2, 0.25) is 0 Å². The number of aliphatic carboxylic acids is 1. The molecule has 11 nitrogen and oxygen atoms in total. The van der Waals surface area contributed by atoms with E-state index < -0.39 is 12.1 Å². The van der Waals surface area contributed by atoms with Crippen molar-refractivity contribution in [2.45, 2.75) is 6.18 Å². The van der Waals surface area contributed by atoms with Crippen molar-refractivity contribution in [2.24, 2.45) is 0 Å². The summed E-state index contributed by atoms with van der Waals surface area (Å²) in [4.78, 5) is 15.4. The number of hydrogen-bond donors (Lipinski definition) is 4. The van der Waals surface area contributed by atoms with Gasteiger partial charge >= 0.3 is 12.1 Å². The molecule has 3 aromatic carbocycles. The van der Waals surface area contributed by atoms with Gasteiger partial charge in [-0.3, -0.25) is 0 Å². The molecule has 0 aliphatic carbocycles.